The second-order valence-corrected chi connectivity index (χ2v) is 13.6. The van der Waals surface area contributed by atoms with Gasteiger partial charge in [-0.2, -0.15) is 5.26 Å². The van der Waals surface area contributed by atoms with Crippen LogP contribution < -0.4 is 9.75 Å². The van der Waals surface area contributed by atoms with Gasteiger partial charge in [-0.25, -0.2) is 9.55 Å². The molecule has 5 heteroatoms. The summed E-state index contributed by atoms with van der Waals surface area (Å²) in [5.41, 5.74) is 6.45. The van der Waals surface area contributed by atoms with Crippen LogP contribution in [0.1, 0.15) is 16.8 Å². The van der Waals surface area contributed by atoms with Crippen molar-refractivity contribution < 1.29 is 8.98 Å². The van der Waals surface area contributed by atoms with Gasteiger partial charge in [0.25, 0.3) is 0 Å². The molecule has 3 heterocycles. The third kappa shape index (κ3) is 2.81. The molecule has 0 unspecified atom stereocenters. The van der Waals surface area contributed by atoms with Gasteiger partial charge < -0.3 is 4.42 Å². The fraction of sp³-hybridized carbons (Fsp3) is 0.261. The molecular formula is C23H24N3OSi+. The first-order valence-electron chi connectivity index (χ1n) is 9.45. The molecule has 0 saturated heterocycles. The fourth-order valence-corrected chi connectivity index (χ4v) is 5.86. The van der Waals surface area contributed by atoms with Gasteiger partial charge in [0.2, 0.25) is 11.4 Å². The lowest BCUT2D eigenvalue weighted by molar-refractivity contribution is -0.660. The van der Waals surface area contributed by atoms with Crippen LogP contribution in [-0.4, -0.2) is 13.1 Å². The molecule has 1 aromatic carbocycles. The number of aryl methyl sites for hydroxylation is 3. The van der Waals surface area contributed by atoms with E-state index in [4.69, 9.17) is 9.68 Å². The van der Waals surface area contributed by atoms with E-state index in [1.165, 1.54) is 10.8 Å². The fourth-order valence-electron chi connectivity index (χ4n) is 4.04. The normalized spacial score (nSPS) is 11.9. The number of pyridine rings is 2. The minimum atomic E-state index is -1.49. The van der Waals surface area contributed by atoms with Crippen LogP contribution in [0.25, 0.3) is 33.3 Å². The van der Waals surface area contributed by atoms with Crippen molar-refractivity contribution in [3.8, 4) is 17.3 Å². The Morgan fingerprint density at radius 2 is 1.75 bits per heavy atom. The predicted octanol–water partition coefficient (Wildman–Crippen LogP) is 4.51. The van der Waals surface area contributed by atoms with Crippen molar-refractivity contribution in [2.75, 3.05) is 0 Å². The monoisotopic (exact) mass is 386 g/mol. The van der Waals surface area contributed by atoms with E-state index < -0.39 is 8.07 Å². The van der Waals surface area contributed by atoms with Gasteiger partial charge in [-0.15, -0.1) is 0 Å². The van der Waals surface area contributed by atoms with Crippen LogP contribution in [0.5, 0.6) is 0 Å². The Morgan fingerprint density at radius 1 is 1.04 bits per heavy atom. The number of aromatic nitrogens is 2. The average Bonchev–Trinajstić information content (AvgIpc) is 2.99. The van der Waals surface area contributed by atoms with E-state index in [9.17, 15) is 0 Å². The molecule has 4 rings (SSSR count). The molecule has 0 aliphatic heterocycles. The first kappa shape index (κ1) is 18.4. The summed E-state index contributed by atoms with van der Waals surface area (Å²) in [6.45, 7) is 11.4. The maximum atomic E-state index is 9.16. The molecule has 0 bridgehead atoms. The smallest absolute Gasteiger partial charge is 0.228 e. The topological polar surface area (TPSA) is 53.7 Å². The summed E-state index contributed by atoms with van der Waals surface area (Å²) in [6.07, 6.45) is 2.22. The number of furan rings is 1. The molecular weight excluding hydrogens is 362 g/mol. The Kier molecular flexibility index (Phi) is 4.13. The van der Waals surface area contributed by atoms with Crippen LogP contribution in [0.4, 0.5) is 0 Å². The maximum Gasteiger partial charge on any atom is 0.228 e. The second-order valence-electron chi connectivity index (χ2n) is 8.51. The Bertz CT molecular complexity index is 1290. The van der Waals surface area contributed by atoms with E-state index in [1.807, 2.05) is 6.07 Å². The highest BCUT2D eigenvalue weighted by Gasteiger charge is 2.26. The van der Waals surface area contributed by atoms with Crippen LogP contribution in [0.15, 0.2) is 40.9 Å². The quantitative estimate of drug-likeness (QED) is 0.376. The van der Waals surface area contributed by atoms with Crippen LogP contribution in [0.2, 0.25) is 19.6 Å². The van der Waals surface area contributed by atoms with Crippen LogP contribution in [0, 0.1) is 25.2 Å². The molecule has 0 atom stereocenters. The first-order chi connectivity index (χ1) is 13.2. The summed E-state index contributed by atoms with van der Waals surface area (Å²) in [5, 5.41) is 12.6. The Morgan fingerprint density at radius 3 is 2.43 bits per heavy atom. The molecule has 0 N–H and O–H groups in total. The molecule has 0 spiro atoms. The first-order valence-corrected chi connectivity index (χ1v) is 12.9. The Balaban J connectivity index is 2.09. The molecule has 0 fully saturated rings. The van der Waals surface area contributed by atoms with E-state index in [0.29, 0.717) is 11.4 Å². The molecule has 4 nitrogen and oxygen atoms in total. The SMILES string of the molecule is Cc1c[n+](C)c(-c2c(C)ccc3c2oc2nc(C#N)ccc23)cc1[Si](C)(C)C. The average molecular weight is 387 g/mol. The summed E-state index contributed by atoms with van der Waals surface area (Å²) in [6, 6.07) is 12.3. The van der Waals surface area contributed by atoms with Crippen molar-refractivity contribution in [2.45, 2.75) is 33.5 Å². The lowest BCUT2D eigenvalue weighted by Gasteiger charge is -2.19. The lowest BCUT2D eigenvalue weighted by atomic mass is 10.0. The highest BCUT2D eigenvalue weighted by atomic mass is 28.3. The summed E-state index contributed by atoms with van der Waals surface area (Å²) in [5.74, 6) is 0. The van der Waals surface area contributed by atoms with Crippen molar-refractivity contribution in [1.82, 2.24) is 4.98 Å². The van der Waals surface area contributed by atoms with Crippen molar-refractivity contribution >= 4 is 35.3 Å². The maximum absolute atomic E-state index is 9.16. The van der Waals surface area contributed by atoms with Crippen molar-refractivity contribution in [2.24, 2.45) is 7.05 Å². The lowest BCUT2D eigenvalue weighted by Crippen LogP contribution is -2.44. The Labute approximate surface area is 166 Å². The largest absolute Gasteiger partial charge is 0.437 e. The molecule has 0 amide bonds. The predicted molar refractivity (Wildman–Crippen MR) is 115 cm³/mol. The van der Waals surface area contributed by atoms with E-state index in [2.05, 4.69) is 80.6 Å². The summed E-state index contributed by atoms with van der Waals surface area (Å²) in [7, 11) is 0.600. The molecule has 4 aromatic rings. The van der Waals surface area contributed by atoms with Gasteiger partial charge in [-0.05, 0) is 36.7 Å². The van der Waals surface area contributed by atoms with Gasteiger partial charge in [0.1, 0.15) is 18.8 Å². The minimum Gasteiger partial charge on any atom is -0.437 e. The van der Waals surface area contributed by atoms with Gasteiger partial charge in [0.05, 0.1) is 13.6 Å². The van der Waals surface area contributed by atoms with Gasteiger partial charge in [0.15, 0.2) is 11.8 Å². The second kappa shape index (κ2) is 6.28. The number of nitriles is 1. The van der Waals surface area contributed by atoms with E-state index in [-0.39, 0.29) is 0 Å². The van der Waals surface area contributed by atoms with Gasteiger partial charge in [-0.1, -0.05) is 31.8 Å². The number of hydrogen-bond donors (Lipinski definition) is 0. The number of rotatable bonds is 2. The summed E-state index contributed by atoms with van der Waals surface area (Å²) in [4.78, 5) is 4.36. The minimum absolute atomic E-state index is 0.367. The summed E-state index contributed by atoms with van der Waals surface area (Å²) < 4.78 is 8.39. The number of hydrogen-bond acceptors (Lipinski definition) is 3. The number of benzene rings is 1. The van der Waals surface area contributed by atoms with Crippen molar-refractivity contribution in [3.05, 3.63) is 53.3 Å². The zero-order valence-corrected chi connectivity index (χ0v) is 18.2. The van der Waals surface area contributed by atoms with Crippen LogP contribution in [-0.2, 0) is 7.05 Å². The third-order valence-corrected chi connectivity index (χ3v) is 7.52. The molecule has 0 radical (unpaired) electrons. The molecule has 0 aliphatic carbocycles. The van der Waals surface area contributed by atoms with E-state index in [1.54, 1.807) is 6.07 Å². The highest BCUT2D eigenvalue weighted by Crippen LogP contribution is 2.36. The third-order valence-electron chi connectivity index (χ3n) is 5.37. The van der Waals surface area contributed by atoms with Crippen molar-refractivity contribution in [1.29, 1.82) is 5.26 Å². The molecule has 0 aliphatic rings. The number of fused-ring (bicyclic) bond motifs is 3. The molecule has 0 saturated carbocycles. The molecule has 140 valence electrons. The van der Waals surface area contributed by atoms with Crippen LogP contribution >= 0.6 is 0 Å². The zero-order chi connectivity index (χ0) is 20.2. The highest BCUT2D eigenvalue weighted by molar-refractivity contribution is 6.89. The standard InChI is InChI=1S/C23H24N3OSi/c1-14-7-9-17-18-10-8-16(12-24)25-23(18)27-22(17)21(14)19-11-20(28(4,5)6)15(2)13-26(19)3/h7-11,13H,1-6H3/q+1. The zero-order valence-electron chi connectivity index (χ0n) is 17.2. The van der Waals surface area contributed by atoms with Gasteiger partial charge in [0, 0.05) is 22.4 Å². The Hall–Kier alpha value is -2.97. The number of nitrogens with zero attached hydrogens (tertiary/aromatic N) is 3. The molecule has 3 aromatic heterocycles. The summed E-state index contributed by atoms with van der Waals surface area (Å²) >= 11 is 0. The van der Waals surface area contributed by atoms with Crippen LogP contribution in [0.3, 0.4) is 0 Å². The van der Waals surface area contributed by atoms with Gasteiger partial charge >= 0.3 is 0 Å². The van der Waals surface area contributed by atoms with Crippen molar-refractivity contribution in [3.63, 3.8) is 0 Å². The van der Waals surface area contributed by atoms with E-state index >= 15 is 0 Å². The van der Waals surface area contributed by atoms with E-state index in [0.717, 1.165) is 33.2 Å². The van der Waals surface area contributed by atoms with Gasteiger partial charge in [-0.3, -0.25) is 0 Å². The molecule has 28 heavy (non-hydrogen) atoms.